The number of benzene rings is 1. The van der Waals surface area contributed by atoms with E-state index in [1.54, 1.807) is 12.1 Å². The molecule has 1 aromatic heterocycles. The number of imide groups is 1. The number of urea groups is 1. The summed E-state index contributed by atoms with van der Waals surface area (Å²) < 4.78 is 0.622. The number of nitrogens with zero attached hydrogens (tertiary/aromatic N) is 2. The lowest BCUT2D eigenvalue weighted by Gasteiger charge is -2.01. The van der Waals surface area contributed by atoms with E-state index in [0.717, 1.165) is 5.69 Å². The van der Waals surface area contributed by atoms with E-state index in [9.17, 15) is 9.59 Å². The SMILES string of the molecule is CNC(=O)NC(=O)CSc1nnc(Nc2cccc(Cl)c2)s1. The maximum Gasteiger partial charge on any atom is 0.321 e. The van der Waals surface area contributed by atoms with Gasteiger partial charge in [-0.2, -0.15) is 0 Å². The van der Waals surface area contributed by atoms with Gasteiger partial charge in [0, 0.05) is 17.8 Å². The minimum absolute atomic E-state index is 0.0826. The van der Waals surface area contributed by atoms with Crippen LogP contribution in [0.1, 0.15) is 0 Å². The fourth-order valence-electron chi connectivity index (χ4n) is 1.36. The third kappa shape index (κ3) is 5.17. The molecule has 0 saturated carbocycles. The van der Waals surface area contributed by atoms with Gasteiger partial charge in [0.05, 0.1) is 5.75 Å². The molecule has 2 aromatic rings. The number of carbonyl (C=O) groups is 2. The van der Waals surface area contributed by atoms with Crippen molar-refractivity contribution >= 4 is 57.5 Å². The molecule has 10 heteroatoms. The predicted molar refractivity (Wildman–Crippen MR) is 88.0 cm³/mol. The summed E-state index contributed by atoms with van der Waals surface area (Å²) in [6.07, 6.45) is 0. The van der Waals surface area contributed by atoms with Crippen LogP contribution in [0, 0.1) is 0 Å². The third-order valence-electron chi connectivity index (χ3n) is 2.29. The Bertz CT molecular complexity index is 679. The second kappa shape index (κ2) is 7.97. The van der Waals surface area contributed by atoms with Gasteiger partial charge >= 0.3 is 6.03 Å². The van der Waals surface area contributed by atoms with Crippen molar-refractivity contribution in [2.24, 2.45) is 0 Å². The van der Waals surface area contributed by atoms with Gasteiger partial charge in [0.25, 0.3) is 0 Å². The van der Waals surface area contributed by atoms with Crippen LogP contribution in [-0.2, 0) is 4.79 Å². The van der Waals surface area contributed by atoms with Crippen molar-refractivity contribution in [1.82, 2.24) is 20.8 Å². The van der Waals surface area contributed by atoms with Crippen LogP contribution in [0.25, 0.3) is 0 Å². The number of anilines is 2. The topological polar surface area (TPSA) is 96.0 Å². The van der Waals surface area contributed by atoms with Crippen LogP contribution >= 0.6 is 34.7 Å². The average Bonchev–Trinajstić information content (AvgIpc) is 2.92. The molecule has 3 amide bonds. The van der Waals surface area contributed by atoms with E-state index in [0.29, 0.717) is 14.5 Å². The summed E-state index contributed by atoms with van der Waals surface area (Å²) in [6, 6.07) is 6.69. The second-order valence-corrected chi connectivity index (χ2v) is 6.56. The fourth-order valence-corrected chi connectivity index (χ4v) is 3.12. The normalized spacial score (nSPS) is 10.1. The first-order valence-corrected chi connectivity index (χ1v) is 8.25. The Kier molecular flexibility index (Phi) is 5.99. The van der Waals surface area contributed by atoms with Crippen molar-refractivity contribution in [2.45, 2.75) is 4.34 Å². The van der Waals surface area contributed by atoms with Crippen molar-refractivity contribution in [2.75, 3.05) is 18.1 Å². The average molecular weight is 358 g/mol. The van der Waals surface area contributed by atoms with Crippen molar-refractivity contribution in [1.29, 1.82) is 0 Å². The molecule has 1 aromatic carbocycles. The zero-order valence-electron chi connectivity index (χ0n) is 11.4. The van der Waals surface area contributed by atoms with Gasteiger partial charge in [-0.25, -0.2) is 4.79 Å². The lowest BCUT2D eigenvalue weighted by Crippen LogP contribution is -2.38. The molecule has 22 heavy (non-hydrogen) atoms. The van der Waals surface area contributed by atoms with E-state index in [4.69, 9.17) is 11.6 Å². The van der Waals surface area contributed by atoms with Crippen LogP contribution in [0.4, 0.5) is 15.6 Å². The number of nitrogens with one attached hydrogen (secondary N) is 3. The van der Waals surface area contributed by atoms with Crippen LogP contribution in [0.3, 0.4) is 0 Å². The van der Waals surface area contributed by atoms with E-state index in [1.165, 1.54) is 30.1 Å². The second-order valence-electron chi connectivity index (χ2n) is 3.92. The van der Waals surface area contributed by atoms with Gasteiger partial charge in [0.15, 0.2) is 4.34 Å². The summed E-state index contributed by atoms with van der Waals surface area (Å²) in [7, 11) is 1.44. The van der Waals surface area contributed by atoms with Crippen LogP contribution in [0.5, 0.6) is 0 Å². The monoisotopic (exact) mass is 357 g/mol. The van der Waals surface area contributed by atoms with Gasteiger partial charge in [0.2, 0.25) is 11.0 Å². The van der Waals surface area contributed by atoms with Gasteiger partial charge in [0.1, 0.15) is 0 Å². The van der Waals surface area contributed by atoms with Crippen molar-refractivity contribution < 1.29 is 9.59 Å². The molecule has 1 heterocycles. The van der Waals surface area contributed by atoms with E-state index < -0.39 is 11.9 Å². The van der Waals surface area contributed by atoms with Gasteiger partial charge in [-0.15, -0.1) is 10.2 Å². The Morgan fingerprint density at radius 1 is 1.36 bits per heavy atom. The first kappa shape index (κ1) is 16.5. The Hall–Kier alpha value is -1.84. The molecule has 7 nitrogen and oxygen atoms in total. The van der Waals surface area contributed by atoms with Gasteiger partial charge < -0.3 is 10.6 Å². The summed E-state index contributed by atoms with van der Waals surface area (Å²) >= 11 is 8.41. The minimum Gasteiger partial charge on any atom is -0.341 e. The first-order valence-electron chi connectivity index (χ1n) is 6.07. The number of carbonyl (C=O) groups excluding carboxylic acids is 2. The summed E-state index contributed by atoms with van der Waals surface area (Å²) in [5.41, 5.74) is 0.803. The molecule has 0 spiro atoms. The molecule has 0 saturated heterocycles. The molecule has 0 aliphatic heterocycles. The van der Waals surface area contributed by atoms with E-state index in [1.807, 2.05) is 12.1 Å². The summed E-state index contributed by atoms with van der Waals surface area (Å²) in [5.74, 6) is -0.317. The summed E-state index contributed by atoms with van der Waals surface area (Å²) in [5, 5.41) is 16.7. The number of rotatable bonds is 5. The minimum atomic E-state index is -0.536. The zero-order chi connectivity index (χ0) is 15.9. The number of hydrogen-bond acceptors (Lipinski definition) is 7. The number of halogens is 1. The molecule has 116 valence electrons. The molecule has 2 rings (SSSR count). The smallest absolute Gasteiger partial charge is 0.321 e. The van der Waals surface area contributed by atoms with Crippen molar-refractivity contribution in [3.8, 4) is 0 Å². The number of hydrogen-bond donors (Lipinski definition) is 3. The van der Waals surface area contributed by atoms with E-state index in [2.05, 4.69) is 26.1 Å². The van der Waals surface area contributed by atoms with Crippen molar-refractivity contribution in [3.05, 3.63) is 29.3 Å². The van der Waals surface area contributed by atoms with E-state index in [-0.39, 0.29) is 5.75 Å². The molecular weight excluding hydrogens is 346 g/mol. The number of amides is 3. The lowest BCUT2D eigenvalue weighted by molar-refractivity contribution is -0.117. The van der Waals surface area contributed by atoms with Crippen LogP contribution in [0.15, 0.2) is 28.6 Å². The van der Waals surface area contributed by atoms with Crippen LogP contribution < -0.4 is 16.0 Å². The summed E-state index contributed by atoms with van der Waals surface area (Å²) in [4.78, 5) is 22.4. The molecule has 0 radical (unpaired) electrons. The van der Waals surface area contributed by atoms with Crippen molar-refractivity contribution in [3.63, 3.8) is 0 Å². The Morgan fingerprint density at radius 2 is 2.18 bits per heavy atom. The lowest BCUT2D eigenvalue weighted by atomic mass is 10.3. The first-order chi connectivity index (χ1) is 10.6. The summed E-state index contributed by atoms with van der Waals surface area (Å²) in [6.45, 7) is 0. The Labute approximate surface area is 139 Å². The highest BCUT2D eigenvalue weighted by Crippen LogP contribution is 2.28. The largest absolute Gasteiger partial charge is 0.341 e. The van der Waals surface area contributed by atoms with Crippen LogP contribution in [0.2, 0.25) is 5.02 Å². The highest BCUT2D eigenvalue weighted by Gasteiger charge is 2.10. The molecule has 0 fully saturated rings. The molecule has 0 unspecified atom stereocenters. The maximum absolute atomic E-state index is 11.5. The Balaban J connectivity index is 1.86. The fraction of sp³-hybridized carbons (Fsp3) is 0.167. The highest BCUT2D eigenvalue weighted by atomic mass is 35.5. The zero-order valence-corrected chi connectivity index (χ0v) is 13.8. The molecule has 3 N–H and O–H groups in total. The van der Waals surface area contributed by atoms with Gasteiger partial charge in [-0.05, 0) is 18.2 Å². The number of aromatic nitrogens is 2. The number of thioether (sulfide) groups is 1. The van der Waals surface area contributed by atoms with E-state index >= 15 is 0 Å². The molecule has 0 atom stereocenters. The van der Waals surface area contributed by atoms with Gasteiger partial charge in [-0.1, -0.05) is 40.8 Å². The maximum atomic E-state index is 11.5. The molecule has 0 aliphatic rings. The molecular formula is C12H12ClN5O2S2. The third-order valence-corrected chi connectivity index (χ3v) is 4.50. The molecule has 0 bridgehead atoms. The van der Waals surface area contributed by atoms with Gasteiger partial charge in [-0.3, -0.25) is 10.1 Å². The quantitative estimate of drug-likeness (QED) is 0.711. The standard InChI is InChI=1S/C12H12ClN5O2S2/c1-14-10(20)16-9(19)6-21-12-18-17-11(22-12)15-8-4-2-3-7(13)5-8/h2-5H,6H2,1H3,(H,15,17)(H2,14,16,19,20). The Morgan fingerprint density at radius 3 is 2.91 bits per heavy atom. The predicted octanol–water partition coefficient (Wildman–Crippen LogP) is 2.48. The molecule has 0 aliphatic carbocycles. The van der Waals surface area contributed by atoms with Crippen LogP contribution in [-0.4, -0.2) is 34.9 Å². The highest BCUT2D eigenvalue weighted by molar-refractivity contribution is 8.01.